The second-order valence-corrected chi connectivity index (χ2v) is 4.65. The van der Waals surface area contributed by atoms with Crippen molar-refractivity contribution < 1.29 is 4.79 Å². The summed E-state index contributed by atoms with van der Waals surface area (Å²) < 4.78 is 0. The minimum Gasteiger partial charge on any atom is -0.325 e. The summed E-state index contributed by atoms with van der Waals surface area (Å²) >= 11 is 11.7. The lowest BCUT2D eigenvalue weighted by atomic mass is 10.1. The highest BCUT2D eigenvalue weighted by Crippen LogP contribution is 2.25. The molecule has 2 nitrogen and oxygen atoms in total. The van der Waals surface area contributed by atoms with E-state index in [9.17, 15) is 4.79 Å². The highest BCUT2D eigenvalue weighted by atomic mass is 35.5. The van der Waals surface area contributed by atoms with Gasteiger partial charge in [-0.2, -0.15) is 0 Å². The molecular formula is C12H15Cl2NO. The van der Waals surface area contributed by atoms with Gasteiger partial charge in [0.15, 0.2) is 0 Å². The van der Waals surface area contributed by atoms with Crippen LogP contribution in [0.4, 0.5) is 5.69 Å². The molecule has 1 atom stereocenters. The third kappa shape index (κ3) is 3.69. The maximum absolute atomic E-state index is 11.7. The standard InChI is InChI=1S/C12H15Cl2NO/c1-3-4-8(2)12(16)15-11-6-5-9(13)7-10(11)14/h5-8H,3-4H2,1-2H3,(H,15,16)/t8-/m0/s1. The number of amides is 1. The molecule has 1 aromatic carbocycles. The van der Waals surface area contributed by atoms with Gasteiger partial charge in [0.25, 0.3) is 0 Å². The van der Waals surface area contributed by atoms with E-state index in [1.807, 2.05) is 6.92 Å². The highest BCUT2D eigenvalue weighted by Gasteiger charge is 2.13. The van der Waals surface area contributed by atoms with Gasteiger partial charge in [-0.25, -0.2) is 0 Å². The van der Waals surface area contributed by atoms with Gasteiger partial charge in [-0.1, -0.05) is 43.5 Å². The van der Waals surface area contributed by atoms with Gasteiger partial charge >= 0.3 is 0 Å². The van der Waals surface area contributed by atoms with Crippen molar-refractivity contribution in [2.24, 2.45) is 5.92 Å². The molecule has 0 saturated carbocycles. The first kappa shape index (κ1) is 13.3. The quantitative estimate of drug-likeness (QED) is 0.855. The molecule has 1 N–H and O–H groups in total. The smallest absolute Gasteiger partial charge is 0.227 e. The number of carbonyl (C=O) groups excluding carboxylic acids is 1. The lowest BCUT2D eigenvalue weighted by Crippen LogP contribution is -2.20. The fraction of sp³-hybridized carbons (Fsp3) is 0.417. The zero-order valence-corrected chi connectivity index (χ0v) is 10.9. The Labute approximate surface area is 106 Å². The van der Waals surface area contributed by atoms with Crippen molar-refractivity contribution in [3.05, 3.63) is 28.2 Å². The summed E-state index contributed by atoms with van der Waals surface area (Å²) in [5.41, 5.74) is 0.610. The molecule has 0 spiro atoms. The van der Waals surface area contributed by atoms with Crippen LogP contribution in [0.5, 0.6) is 0 Å². The Morgan fingerprint density at radius 1 is 1.44 bits per heavy atom. The van der Waals surface area contributed by atoms with Crippen molar-refractivity contribution in [1.82, 2.24) is 0 Å². The highest BCUT2D eigenvalue weighted by molar-refractivity contribution is 6.36. The molecular weight excluding hydrogens is 245 g/mol. The Bertz CT molecular complexity index is 379. The normalized spacial score (nSPS) is 12.2. The average Bonchev–Trinajstić information content (AvgIpc) is 2.22. The van der Waals surface area contributed by atoms with E-state index >= 15 is 0 Å². The first-order valence-corrected chi connectivity index (χ1v) is 6.06. The van der Waals surface area contributed by atoms with E-state index in [0.717, 1.165) is 12.8 Å². The van der Waals surface area contributed by atoms with Crippen molar-refractivity contribution in [3.63, 3.8) is 0 Å². The third-order valence-electron chi connectivity index (χ3n) is 2.36. The molecule has 0 saturated heterocycles. The summed E-state index contributed by atoms with van der Waals surface area (Å²) in [4.78, 5) is 11.7. The van der Waals surface area contributed by atoms with Crippen LogP contribution in [-0.4, -0.2) is 5.91 Å². The zero-order chi connectivity index (χ0) is 12.1. The minimum absolute atomic E-state index is 0.00301. The average molecular weight is 260 g/mol. The molecule has 1 rings (SSSR count). The van der Waals surface area contributed by atoms with Gasteiger partial charge in [0, 0.05) is 10.9 Å². The molecule has 0 aromatic heterocycles. The van der Waals surface area contributed by atoms with Crippen molar-refractivity contribution in [2.45, 2.75) is 26.7 Å². The van der Waals surface area contributed by atoms with E-state index in [1.54, 1.807) is 18.2 Å². The van der Waals surface area contributed by atoms with Crippen LogP contribution >= 0.6 is 23.2 Å². The molecule has 1 amide bonds. The second-order valence-electron chi connectivity index (χ2n) is 3.80. The third-order valence-corrected chi connectivity index (χ3v) is 2.91. The number of hydrogen-bond acceptors (Lipinski definition) is 1. The van der Waals surface area contributed by atoms with Crippen molar-refractivity contribution in [3.8, 4) is 0 Å². The number of rotatable bonds is 4. The molecule has 0 heterocycles. The van der Waals surface area contributed by atoms with Crippen molar-refractivity contribution in [1.29, 1.82) is 0 Å². The van der Waals surface area contributed by atoms with Crippen LogP contribution in [0.1, 0.15) is 26.7 Å². The van der Waals surface area contributed by atoms with Gasteiger partial charge in [0.2, 0.25) is 5.91 Å². The van der Waals surface area contributed by atoms with Crippen LogP contribution in [-0.2, 0) is 4.79 Å². The summed E-state index contributed by atoms with van der Waals surface area (Å²) in [6.07, 6.45) is 1.86. The first-order valence-electron chi connectivity index (χ1n) is 5.30. The van der Waals surface area contributed by atoms with Crippen LogP contribution in [0.3, 0.4) is 0 Å². The second kappa shape index (κ2) is 6.12. The maximum Gasteiger partial charge on any atom is 0.227 e. The number of anilines is 1. The van der Waals surface area contributed by atoms with Gasteiger partial charge in [-0.05, 0) is 24.6 Å². The Kier molecular flexibility index (Phi) is 5.10. The summed E-state index contributed by atoms with van der Waals surface area (Å²) in [7, 11) is 0. The van der Waals surface area contributed by atoms with Crippen molar-refractivity contribution >= 4 is 34.8 Å². The van der Waals surface area contributed by atoms with E-state index in [1.165, 1.54) is 0 Å². The Hall–Kier alpha value is -0.730. The SMILES string of the molecule is CCC[C@H](C)C(=O)Nc1ccc(Cl)cc1Cl. The number of carbonyl (C=O) groups is 1. The van der Waals surface area contributed by atoms with E-state index < -0.39 is 0 Å². The van der Waals surface area contributed by atoms with E-state index in [2.05, 4.69) is 12.2 Å². The largest absolute Gasteiger partial charge is 0.325 e. The minimum atomic E-state index is -0.00827. The molecule has 1 aromatic rings. The summed E-state index contributed by atoms with van der Waals surface area (Å²) in [5, 5.41) is 3.81. The van der Waals surface area contributed by atoms with Gasteiger partial charge in [-0.15, -0.1) is 0 Å². The van der Waals surface area contributed by atoms with Crippen LogP contribution in [0, 0.1) is 5.92 Å². The predicted molar refractivity (Wildman–Crippen MR) is 69.2 cm³/mol. The lowest BCUT2D eigenvalue weighted by Gasteiger charge is -2.12. The molecule has 0 bridgehead atoms. The molecule has 4 heteroatoms. The first-order chi connectivity index (χ1) is 7.54. The fourth-order valence-electron chi connectivity index (χ4n) is 1.41. The summed E-state index contributed by atoms with van der Waals surface area (Å²) in [6.45, 7) is 3.96. The summed E-state index contributed by atoms with van der Waals surface area (Å²) in [5.74, 6) is -0.0113. The Morgan fingerprint density at radius 3 is 2.69 bits per heavy atom. The van der Waals surface area contributed by atoms with E-state index in [4.69, 9.17) is 23.2 Å². The number of nitrogens with one attached hydrogen (secondary N) is 1. The Balaban J connectivity index is 2.69. The zero-order valence-electron chi connectivity index (χ0n) is 9.39. The molecule has 16 heavy (non-hydrogen) atoms. The Morgan fingerprint density at radius 2 is 2.12 bits per heavy atom. The molecule has 0 fully saturated rings. The fourth-order valence-corrected chi connectivity index (χ4v) is 1.87. The number of benzene rings is 1. The number of hydrogen-bond donors (Lipinski definition) is 1. The van der Waals surface area contributed by atoms with Gasteiger partial charge in [0.1, 0.15) is 0 Å². The van der Waals surface area contributed by atoms with E-state index in [0.29, 0.717) is 15.7 Å². The lowest BCUT2D eigenvalue weighted by molar-refractivity contribution is -0.119. The summed E-state index contributed by atoms with van der Waals surface area (Å²) in [6, 6.07) is 5.03. The van der Waals surface area contributed by atoms with E-state index in [-0.39, 0.29) is 11.8 Å². The van der Waals surface area contributed by atoms with Crippen LogP contribution in [0.25, 0.3) is 0 Å². The molecule has 88 valence electrons. The molecule has 0 radical (unpaired) electrons. The molecule has 0 aliphatic heterocycles. The van der Waals surface area contributed by atoms with Gasteiger partial charge < -0.3 is 5.32 Å². The number of halogens is 2. The van der Waals surface area contributed by atoms with Gasteiger partial charge in [-0.3, -0.25) is 4.79 Å². The van der Waals surface area contributed by atoms with Gasteiger partial charge in [0.05, 0.1) is 10.7 Å². The molecule has 0 aliphatic rings. The monoisotopic (exact) mass is 259 g/mol. The van der Waals surface area contributed by atoms with Crippen LogP contribution in [0.15, 0.2) is 18.2 Å². The maximum atomic E-state index is 11.7. The molecule has 0 aliphatic carbocycles. The van der Waals surface area contributed by atoms with Crippen LogP contribution < -0.4 is 5.32 Å². The van der Waals surface area contributed by atoms with Crippen LogP contribution in [0.2, 0.25) is 10.0 Å². The predicted octanol–water partition coefficient (Wildman–Crippen LogP) is 4.37. The topological polar surface area (TPSA) is 29.1 Å². The molecule has 0 unspecified atom stereocenters. The van der Waals surface area contributed by atoms with Crippen molar-refractivity contribution in [2.75, 3.05) is 5.32 Å².